The SMILES string of the molecule is C=C(C)C1CC(C(=O)OC)(C(=O)OC)CC(S(=O)(=O)c2ccc(C)cc2)=C1c1ccc(C)cc1. The molecule has 34 heavy (non-hydrogen) atoms. The van der Waals surface area contributed by atoms with Gasteiger partial charge in [-0.2, -0.15) is 0 Å². The summed E-state index contributed by atoms with van der Waals surface area (Å²) in [7, 11) is -1.73. The van der Waals surface area contributed by atoms with Gasteiger partial charge >= 0.3 is 11.9 Å². The molecule has 0 bridgehead atoms. The Morgan fingerprint density at radius 1 is 0.912 bits per heavy atom. The zero-order valence-corrected chi connectivity index (χ0v) is 21.0. The number of aryl methyl sites for hydroxylation is 2. The Kier molecular flexibility index (Phi) is 7.17. The molecule has 7 heteroatoms. The van der Waals surface area contributed by atoms with Crippen LogP contribution in [-0.4, -0.2) is 34.6 Å². The van der Waals surface area contributed by atoms with Crippen molar-refractivity contribution in [2.75, 3.05) is 14.2 Å². The number of ether oxygens (including phenoxy) is 2. The van der Waals surface area contributed by atoms with Gasteiger partial charge in [-0.05, 0) is 50.5 Å². The lowest BCUT2D eigenvalue weighted by Crippen LogP contribution is -2.46. The Balaban J connectivity index is 2.41. The topological polar surface area (TPSA) is 86.7 Å². The van der Waals surface area contributed by atoms with Gasteiger partial charge < -0.3 is 9.47 Å². The molecule has 0 amide bonds. The Morgan fingerprint density at radius 3 is 1.82 bits per heavy atom. The molecule has 1 aliphatic carbocycles. The third-order valence-corrected chi connectivity index (χ3v) is 8.33. The van der Waals surface area contributed by atoms with Crippen molar-refractivity contribution in [3.63, 3.8) is 0 Å². The average molecular weight is 483 g/mol. The van der Waals surface area contributed by atoms with E-state index in [0.29, 0.717) is 16.7 Å². The monoisotopic (exact) mass is 482 g/mol. The predicted molar refractivity (Wildman–Crippen MR) is 130 cm³/mol. The molecule has 0 N–H and O–H groups in total. The standard InChI is InChI=1S/C27H30O6S/c1-17(2)22-15-27(25(28)32-5,26(29)33-6)16-23(24(22)20-11-7-18(3)8-12-20)34(30,31)21-13-9-19(4)10-14-21/h7-14,22H,1,15-16H2,2-6H3. The Hall–Kier alpha value is -3.19. The lowest BCUT2D eigenvalue weighted by molar-refractivity contribution is -0.170. The van der Waals surface area contributed by atoms with Crippen LogP contribution in [0.1, 0.15) is 36.5 Å². The Labute approximate surface area is 201 Å². The van der Waals surface area contributed by atoms with Gasteiger partial charge in [0.05, 0.1) is 24.0 Å². The van der Waals surface area contributed by atoms with Crippen molar-refractivity contribution < 1.29 is 27.5 Å². The summed E-state index contributed by atoms with van der Waals surface area (Å²) in [6.07, 6.45) is -0.368. The number of hydrogen-bond donors (Lipinski definition) is 0. The fraction of sp³-hybridized carbons (Fsp3) is 0.333. The third-order valence-electron chi connectivity index (χ3n) is 6.43. The van der Waals surface area contributed by atoms with Crippen molar-refractivity contribution in [2.45, 2.75) is 38.5 Å². The molecule has 0 spiro atoms. The first-order valence-electron chi connectivity index (χ1n) is 10.9. The van der Waals surface area contributed by atoms with Crippen molar-refractivity contribution in [3.8, 4) is 0 Å². The highest BCUT2D eigenvalue weighted by Crippen LogP contribution is 2.52. The molecule has 1 atom stereocenters. The average Bonchev–Trinajstić information content (AvgIpc) is 2.82. The smallest absolute Gasteiger partial charge is 0.323 e. The Morgan fingerprint density at radius 2 is 1.38 bits per heavy atom. The maximum absolute atomic E-state index is 14.0. The van der Waals surface area contributed by atoms with Crippen LogP contribution >= 0.6 is 0 Å². The van der Waals surface area contributed by atoms with Crippen LogP contribution in [-0.2, 0) is 28.9 Å². The van der Waals surface area contributed by atoms with Crippen LogP contribution in [0.4, 0.5) is 0 Å². The largest absolute Gasteiger partial charge is 0.468 e. The summed E-state index contributed by atoms with van der Waals surface area (Å²) in [5.74, 6) is -2.25. The van der Waals surface area contributed by atoms with Crippen LogP contribution in [0.3, 0.4) is 0 Å². The number of rotatable bonds is 6. The highest BCUT2D eigenvalue weighted by Gasteiger charge is 2.55. The fourth-order valence-corrected chi connectivity index (χ4v) is 6.25. The van der Waals surface area contributed by atoms with Crippen LogP contribution in [0.5, 0.6) is 0 Å². The maximum Gasteiger partial charge on any atom is 0.323 e. The summed E-state index contributed by atoms with van der Waals surface area (Å²) in [5.41, 5.74) is 1.99. The molecule has 1 unspecified atom stereocenters. The Bertz CT molecular complexity index is 1240. The molecule has 2 aromatic rings. The molecule has 3 rings (SSSR count). The van der Waals surface area contributed by atoms with Crippen LogP contribution in [0.25, 0.3) is 5.57 Å². The minimum atomic E-state index is -4.08. The number of methoxy groups -OCH3 is 2. The third kappa shape index (κ3) is 4.44. The van der Waals surface area contributed by atoms with Gasteiger partial charge in [0.1, 0.15) is 0 Å². The van der Waals surface area contributed by atoms with Gasteiger partial charge in [0, 0.05) is 12.3 Å². The van der Waals surface area contributed by atoms with Crippen LogP contribution in [0.2, 0.25) is 0 Å². The molecule has 0 heterocycles. The molecular formula is C27H30O6S. The summed E-state index contributed by atoms with van der Waals surface area (Å²) >= 11 is 0. The van der Waals surface area contributed by atoms with Crippen molar-refractivity contribution in [1.29, 1.82) is 0 Å². The van der Waals surface area contributed by atoms with Crippen LogP contribution in [0, 0.1) is 25.2 Å². The molecule has 6 nitrogen and oxygen atoms in total. The number of carbonyl (C=O) groups excluding carboxylic acids is 2. The molecule has 0 aliphatic heterocycles. The summed E-state index contributed by atoms with van der Waals surface area (Å²) in [5, 5.41) is 0. The van der Waals surface area contributed by atoms with E-state index in [9.17, 15) is 18.0 Å². The number of carbonyl (C=O) groups is 2. The minimum Gasteiger partial charge on any atom is -0.468 e. The van der Waals surface area contributed by atoms with Gasteiger partial charge in [0.25, 0.3) is 0 Å². The fourth-order valence-electron chi connectivity index (χ4n) is 4.49. The molecular weight excluding hydrogens is 452 g/mol. The second-order valence-corrected chi connectivity index (χ2v) is 10.8. The van der Waals surface area contributed by atoms with E-state index in [-0.39, 0.29) is 22.6 Å². The van der Waals surface area contributed by atoms with E-state index in [1.54, 1.807) is 19.1 Å². The summed E-state index contributed by atoms with van der Waals surface area (Å²) in [6.45, 7) is 9.65. The van der Waals surface area contributed by atoms with E-state index in [2.05, 4.69) is 6.58 Å². The number of sulfone groups is 1. The molecule has 0 aromatic heterocycles. The molecule has 0 radical (unpaired) electrons. The highest BCUT2D eigenvalue weighted by molar-refractivity contribution is 7.95. The number of esters is 2. The van der Waals surface area contributed by atoms with Gasteiger partial charge in [-0.1, -0.05) is 59.7 Å². The van der Waals surface area contributed by atoms with Gasteiger partial charge in [0.15, 0.2) is 5.41 Å². The highest BCUT2D eigenvalue weighted by atomic mass is 32.2. The van der Waals surface area contributed by atoms with Gasteiger partial charge in [0.2, 0.25) is 9.84 Å². The van der Waals surface area contributed by atoms with E-state index in [1.165, 1.54) is 26.4 Å². The molecule has 0 saturated carbocycles. The van der Waals surface area contributed by atoms with Gasteiger partial charge in [-0.25, -0.2) is 8.42 Å². The van der Waals surface area contributed by atoms with Crippen molar-refractivity contribution in [2.24, 2.45) is 11.3 Å². The predicted octanol–water partition coefficient (Wildman–Crippen LogP) is 4.81. The lowest BCUT2D eigenvalue weighted by Gasteiger charge is -2.39. The van der Waals surface area contributed by atoms with Gasteiger partial charge in [-0.3, -0.25) is 9.59 Å². The van der Waals surface area contributed by atoms with Crippen LogP contribution < -0.4 is 0 Å². The minimum absolute atomic E-state index is 0.00218. The number of benzene rings is 2. The quantitative estimate of drug-likeness (QED) is 0.334. The van der Waals surface area contributed by atoms with E-state index in [4.69, 9.17) is 9.47 Å². The van der Waals surface area contributed by atoms with E-state index in [1.807, 2.05) is 38.1 Å². The summed E-state index contributed by atoms with van der Waals surface area (Å²) in [6, 6.07) is 14.0. The first kappa shape index (κ1) is 25.4. The van der Waals surface area contributed by atoms with Crippen LogP contribution in [0.15, 0.2) is 70.5 Å². The molecule has 0 saturated heterocycles. The molecule has 0 fully saturated rings. The molecule has 1 aliphatic rings. The second-order valence-electron chi connectivity index (χ2n) is 8.86. The van der Waals surface area contributed by atoms with Crippen molar-refractivity contribution >= 4 is 27.3 Å². The van der Waals surface area contributed by atoms with E-state index >= 15 is 0 Å². The molecule has 2 aromatic carbocycles. The first-order valence-corrected chi connectivity index (χ1v) is 12.4. The summed E-state index contributed by atoms with van der Waals surface area (Å²) < 4.78 is 38.1. The normalized spacial score (nSPS) is 17.7. The summed E-state index contributed by atoms with van der Waals surface area (Å²) in [4.78, 5) is 26.1. The lowest BCUT2D eigenvalue weighted by atomic mass is 9.66. The first-order chi connectivity index (χ1) is 16.0. The molecule has 180 valence electrons. The zero-order valence-electron chi connectivity index (χ0n) is 20.2. The maximum atomic E-state index is 14.0. The van der Waals surface area contributed by atoms with Crippen molar-refractivity contribution in [1.82, 2.24) is 0 Å². The van der Waals surface area contributed by atoms with Gasteiger partial charge in [-0.15, -0.1) is 0 Å². The second kappa shape index (κ2) is 9.58. The van der Waals surface area contributed by atoms with E-state index in [0.717, 1.165) is 11.1 Å². The zero-order chi connectivity index (χ0) is 25.3. The number of hydrogen-bond acceptors (Lipinski definition) is 6. The van der Waals surface area contributed by atoms with E-state index < -0.39 is 33.1 Å². The van der Waals surface area contributed by atoms with Crippen molar-refractivity contribution in [3.05, 3.63) is 82.3 Å². The number of allylic oxidation sites excluding steroid dienone is 3.